The highest BCUT2D eigenvalue weighted by Crippen LogP contribution is 2.19. The molecule has 0 saturated heterocycles. The maximum absolute atomic E-state index is 11.9. The number of nitrogens with zero attached hydrogens (tertiary/aromatic N) is 2. The lowest BCUT2D eigenvalue weighted by atomic mass is 10.2. The van der Waals surface area contributed by atoms with Crippen LogP contribution in [0.4, 0.5) is 5.69 Å². The summed E-state index contributed by atoms with van der Waals surface area (Å²) in [6.45, 7) is 0.816. The SMILES string of the molecule is CN(Cc1ccccc1)c1ccc(C(=O)NC2CC2)nc1. The molecule has 0 aliphatic heterocycles. The van der Waals surface area contributed by atoms with Crippen molar-refractivity contribution in [3.63, 3.8) is 0 Å². The highest BCUT2D eigenvalue weighted by Gasteiger charge is 2.24. The molecule has 0 atom stereocenters. The van der Waals surface area contributed by atoms with Crippen molar-refractivity contribution in [3.8, 4) is 0 Å². The molecule has 108 valence electrons. The standard InChI is InChI=1S/C17H19N3O/c1-20(12-13-5-3-2-4-6-13)15-9-10-16(18-11-15)17(21)19-14-7-8-14/h2-6,9-11,14H,7-8,12H2,1H3,(H,19,21). The third-order valence-electron chi connectivity index (χ3n) is 3.60. The predicted molar refractivity (Wildman–Crippen MR) is 83.3 cm³/mol. The van der Waals surface area contributed by atoms with E-state index in [1.807, 2.05) is 31.3 Å². The average Bonchev–Trinajstić information content (AvgIpc) is 3.32. The zero-order valence-corrected chi connectivity index (χ0v) is 12.1. The second-order valence-electron chi connectivity index (χ2n) is 5.49. The molecule has 0 radical (unpaired) electrons. The van der Waals surface area contributed by atoms with Crippen molar-refractivity contribution < 1.29 is 4.79 Å². The minimum atomic E-state index is -0.0743. The van der Waals surface area contributed by atoms with Gasteiger partial charge in [0, 0.05) is 19.6 Å². The average molecular weight is 281 g/mol. The van der Waals surface area contributed by atoms with E-state index in [-0.39, 0.29) is 5.91 Å². The molecule has 2 aromatic rings. The Morgan fingerprint density at radius 1 is 1.24 bits per heavy atom. The lowest BCUT2D eigenvalue weighted by Gasteiger charge is -2.19. The molecule has 4 nitrogen and oxygen atoms in total. The van der Waals surface area contributed by atoms with Crippen LogP contribution in [0.15, 0.2) is 48.7 Å². The van der Waals surface area contributed by atoms with Crippen molar-refractivity contribution in [2.45, 2.75) is 25.4 Å². The highest BCUT2D eigenvalue weighted by molar-refractivity contribution is 5.92. The van der Waals surface area contributed by atoms with E-state index in [0.29, 0.717) is 11.7 Å². The van der Waals surface area contributed by atoms with E-state index in [9.17, 15) is 4.79 Å². The van der Waals surface area contributed by atoms with Crippen molar-refractivity contribution in [2.24, 2.45) is 0 Å². The van der Waals surface area contributed by atoms with Gasteiger partial charge in [-0.25, -0.2) is 4.98 Å². The van der Waals surface area contributed by atoms with Gasteiger partial charge in [-0.05, 0) is 30.5 Å². The first-order valence-corrected chi connectivity index (χ1v) is 7.24. The predicted octanol–water partition coefficient (Wildman–Crippen LogP) is 2.61. The minimum Gasteiger partial charge on any atom is -0.369 e. The molecule has 1 N–H and O–H groups in total. The summed E-state index contributed by atoms with van der Waals surface area (Å²) in [4.78, 5) is 18.3. The highest BCUT2D eigenvalue weighted by atomic mass is 16.2. The van der Waals surface area contributed by atoms with Gasteiger partial charge in [-0.15, -0.1) is 0 Å². The first kappa shape index (κ1) is 13.6. The number of aromatic nitrogens is 1. The summed E-state index contributed by atoms with van der Waals surface area (Å²) in [6.07, 6.45) is 3.93. The van der Waals surface area contributed by atoms with Gasteiger partial charge >= 0.3 is 0 Å². The van der Waals surface area contributed by atoms with Crippen molar-refractivity contribution in [3.05, 3.63) is 59.9 Å². The number of carbonyl (C=O) groups is 1. The third-order valence-corrected chi connectivity index (χ3v) is 3.60. The second-order valence-corrected chi connectivity index (χ2v) is 5.49. The van der Waals surface area contributed by atoms with Crippen LogP contribution in [0, 0.1) is 0 Å². The summed E-state index contributed by atoms with van der Waals surface area (Å²) in [6, 6.07) is 14.4. The van der Waals surface area contributed by atoms with Gasteiger partial charge in [0.2, 0.25) is 0 Å². The summed E-state index contributed by atoms with van der Waals surface area (Å²) in [5.74, 6) is -0.0743. The molecule has 0 unspecified atom stereocenters. The Bertz CT molecular complexity index is 606. The van der Waals surface area contributed by atoms with Crippen LogP contribution in [-0.2, 0) is 6.54 Å². The number of carbonyl (C=O) groups excluding carboxylic acids is 1. The van der Waals surface area contributed by atoms with E-state index in [2.05, 4.69) is 27.3 Å². The van der Waals surface area contributed by atoms with Crippen LogP contribution in [0.1, 0.15) is 28.9 Å². The Morgan fingerprint density at radius 3 is 2.62 bits per heavy atom. The van der Waals surface area contributed by atoms with Crippen LogP contribution in [0.2, 0.25) is 0 Å². The molecule has 21 heavy (non-hydrogen) atoms. The number of hydrogen-bond donors (Lipinski definition) is 1. The lowest BCUT2D eigenvalue weighted by molar-refractivity contribution is 0.0946. The normalized spacial score (nSPS) is 13.8. The molecule has 1 aromatic carbocycles. The Hall–Kier alpha value is -2.36. The van der Waals surface area contributed by atoms with Gasteiger partial charge in [0.25, 0.3) is 5.91 Å². The Morgan fingerprint density at radius 2 is 2.00 bits per heavy atom. The van der Waals surface area contributed by atoms with Crippen LogP contribution in [-0.4, -0.2) is 24.0 Å². The number of benzene rings is 1. The van der Waals surface area contributed by atoms with Crippen molar-refractivity contribution in [2.75, 3.05) is 11.9 Å². The Kier molecular flexibility index (Phi) is 3.86. The minimum absolute atomic E-state index is 0.0743. The van der Waals surface area contributed by atoms with Crippen molar-refractivity contribution in [1.82, 2.24) is 10.3 Å². The number of nitrogens with one attached hydrogen (secondary N) is 1. The third kappa shape index (κ3) is 3.60. The summed E-state index contributed by atoms with van der Waals surface area (Å²) in [5.41, 5.74) is 2.73. The first-order valence-electron chi connectivity index (χ1n) is 7.24. The molecule has 1 fully saturated rings. The molecule has 0 bridgehead atoms. The van der Waals surface area contributed by atoms with Crippen molar-refractivity contribution >= 4 is 11.6 Å². The van der Waals surface area contributed by atoms with Gasteiger partial charge in [-0.3, -0.25) is 4.79 Å². The summed E-state index contributed by atoms with van der Waals surface area (Å²) in [7, 11) is 2.02. The number of anilines is 1. The quantitative estimate of drug-likeness (QED) is 0.916. The zero-order chi connectivity index (χ0) is 14.7. The Labute approximate surface area is 124 Å². The molecule has 3 rings (SSSR count). The summed E-state index contributed by atoms with van der Waals surface area (Å²) in [5, 5.41) is 2.94. The van der Waals surface area contributed by atoms with E-state index in [1.165, 1.54) is 5.56 Å². The number of amides is 1. The molecule has 1 aromatic heterocycles. The van der Waals surface area contributed by atoms with E-state index < -0.39 is 0 Å². The van der Waals surface area contributed by atoms with Crippen molar-refractivity contribution in [1.29, 1.82) is 0 Å². The molecule has 1 amide bonds. The van der Waals surface area contributed by atoms with E-state index in [0.717, 1.165) is 25.1 Å². The molecular weight excluding hydrogens is 262 g/mol. The smallest absolute Gasteiger partial charge is 0.270 e. The fraction of sp³-hybridized carbons (Fsp3) is 0.294. The molecule has 0 spiro atoms. The molecule has 1 aliphatic carbocycles. The van der Waals surface area contributed by atoms with E-state index in [4.69, 9.17) is 0 Å². The zero-order valence-electron chi connectivity index (χ0n) is 12.1. The maximum Gasteiger partial charge on any atom is 0.270 e. The lowest BCUT2D eigenvalue weighted by Crippen LogP contribution is -2.26. The Balaban J connectivity index is 1.64. The molecular formula is C17H19N3O. The van der Waals surface area contributed by atoms with Gasteiger partial charge in [0.15, 0.2) is 0 Å². The van der Waals surface area contributed by atoms with Crippen LogP contribution in [0.3, 0.4) is 0 Å². The topological polar surface area (TPSA) is 45.2 Å². The second kappa shape index (κ2) is 5.95. The van der Waals surface area contributed by atoms with Gasteiger partial charge in [-0.2, -0.15) is 0 Å². The first-order chi connectivity index (χ1) is 10.2. The van der Waals surface area contributed by atoms with E-state index in [1.54, 1.807) is 12.3 Å². The fourth-order valence-corrected chi connectivity index (χ4v) is 2.18. The van der Waals surface area contributed by atoms with Crippen LogP contribution >= 0.6 is 0 Å². The van der Waals surface area contributed by atoms with Crippen LogP contribution in [0.25, 0.3) is 0 Å². The monoisotopic (exact) mass is 281 g/mol. The largest absolute Gasteiger partial charge is 0.369 e. The van der Waals surface area contributed by atoms with Gasteiger partial charge in [0.1, 0.15) is 5.69 Å². The number of hydrogen-bond acceptors (Lipinski definition) is 3. The van der Waals surface area contributed by atoms with Crippen LogP contribution in [0.5, 0.6) is 0 Å². The number of pyridine rings is 1. The van der Waals surface area contributed by atoms with Gasteiger partial charge in [0.05, 0.1) is 11.9 Å². The summed E-state index contributed by atoms with van der Waals surface area (Å²) >= 11 is 0. The molecule has 1 saturated carbocycles. The summed E-state index contributed by atoms with van der Waals surface area (Å²) < 4.78 is 0. The number of rotatable bonds is 5. The molecule has 4 heteroatoms. The molecule has 1 heterocycles. The van der Waals surface area contributed by atoms with Crippen LogP contribution < -0.4 is 10.2 Å². The van der Waals surface area contributed by atoms with Gasteiger partial charge < -0.3 is 10.2 Å². The molecule has 1 aliphatic rings. The maximum atomic E-state index is 11.9. The van der Waals surface area contributed by atoms with E-state index >= 15 is 0 Å². The fourth-order valence-electron chi connectivity index (χ4n) is 2.18. The van der Waals surface area contributed by atoms with Gasteiger partial charge in [-0.1, -0.05) is 30.3 Å².